The Morgan fingerprint density at radius 3 is 2.36 bits per heavy atom. The van der Waals surface area contributed by atoms with E-state index in [-0.39, 0.29) is 0 Å². The third-order valence-corrected chi connectivity index (χ3v) is 3.04. The Labute approximate surface area is 86.7 Å². The second-order valence-corrected chi connectivity index (χ2v) is 4.76. The van der Waals surface area contributed by atoms with Crippen LogP contribution >= 0.6 is 0 Å². The van der Waals surface area contributed by atoms with Crippen molar-refractivity contribution in [3.05, 3.63) is 29.3 Å². The molecule has 0 aromatic heterocycles. The minimum absolute atomic E-state index is 0.632. The number of rotatable bonds is 2. The predicted octanol–water partition coefficient (Wildman–Crippen LogP) is 3.54. The number of benzene rings is 1. The van der Waals surface area contributed by atoms with Crippen molar-refractivity contribution in [1.82, 2.24) is 0 Å². The zero-order valence-corrected chi connectivity index (χ0v) is 9.54. The smallest absolute Gasteiger partial charge is 0.0453 e. The molecule has 0 radical (unpaired) electrons. The Balaban J connectivity index is 2.26. The summed E-state index contributed by atoms with van der Waals surface area (Å²) in [6, 6.07) is 7.53. The van der Waals surface area contributed by atoms with Gasteiger partial charge in [0.25, 0.3) is 0 Å². The average molecular weight is 189 g/mol. The van der Waals surface area contributed by atoms with Gasteiger partial charge in [-0.05, 0) is 37.0 Å². The molecule has 1 nitrogen and oxygen atoms in total. The summed E-state index contributed by atoms with van der Waals surface area (Å²) < 4.78 is 0. The van der Waals surface area contributed by atoms with Gasteiger partial charge in [-0.15, -0.1) is 0 Å². The lowest BCUT2D eigenvalue weighted by molar-refractivity contribution is 0.636. The summed E-state index contributed by atoms with van der Waals surface area (Å²) >= 11 is 0. The molecule has 0 atom stereocenters. The molecule has 0 fully saturated rings. The highest BCUT2D eigenvalue weighted by molar-refractivity contribution is 5.64. The molecule has 2 rings (SSSR count). The van der Waals surface area contributed by atoms with Gasteiger partial charge >= 0.3 is 0 Å². The van der Waals surface area contributed by atoms with Crippen LogP contribution in [-0.4, -0.2) is 6.04 Å². The van der Waals surface area contributed by atoms with E-state index < -0.39 is 0 Å². The summed E-state index contributed by atoms with van der Waals surface area (Å²) in [5, 5.41) is 0. The lowest BCUT2D eigenvalue weighted by Gasteiger charge is -2.40. The molecular formula is C13H19N. The Kier molecular flexibility index (Phi) is 2.26. The fourth-order valence-corrected chi connectivity index (χ4v) is 2.01. The Hall–Kier alpha value is -0.980. The zero-order valence-electron chi connectivity index (χ0n) is 9.54. The zero-order chi connectivity index (χ0) is 10.3. The number of hydrogen-bond donors (Lipinski definition) is 0. The standard InChI is InChI=1S/C13H19N/c1-9(2)11-5-6-13-12(7-11)8-14(13)10(3)4/h5-7,9-10H,8H2,1-4H3. The van der Waals surface area contributed by atoms with Crippen molar-refractivity contribution in [2.75, 3.05) is 4.90 Å². The molecule has 0 saturated carbocycles. The molecule has 14 heavy (non-hydrogen) atoms. The van der Waals surface area contributed by atoms with Gasteiger partial charge in [-0.2, -0.15) is 0 Å². The van der Waals surface area contributed by atoms with Gasteiger partial charge in [-0.3, -0.25) is 0 Å². The maximum Gasteiger partial charge on any atom is 0.0453 e. The number of nitrogens with zero attached hydrogens (tertiary/aromatic N) is 1. The Morgan fingerprint density at radius 1 is 1.14 bits per heavy atom. The van der Waals surface area contributed by atoms with Crippen molar-refractivity contribution in [2.45, 2.75) is 46.2 Å². The SMILES string of the molecule is CC(C)c1ccc2c(c1)CN2C(C)C. The molecule has 1 heterocycles. The van der Waals surface area contributed by atoms with Crippen molar-refractivity contribution >= 4 is 5.69 Å². The molecule has 0 spiro atoms. The normalized spacial score (nSPS) is 14.6. The van der Waals surface area contributed by atoms with E-state index in [9.17, 15) is 0 Å². The van der Waals surface area contributed by atoms with Crippen LogP contribution in [0.15, 0.2) is 18.2 Å². The van der Waals surface area contributed by atoms with E-state index in [2.05, 4.69) is 50.8 Å². The van der Waals surface area contributed by atoms with Crippen LogP contribution in [0.3, 0.4) is 0 Å². The van der Waals surface area contributed by atoms with Crippen LogP contribution < -0.4 is 4.90 Å². The van der Waals surface area contributed by atoms with Crippen molar-refractivity contribution in [3.8, 4) is 0 Å². The molecule has 0 unspecified atom stereocenters. The first-order valence-electron chi connectivity index (χ1n) is 5.49. The summed E-state index contributed by atoms with van der Waals surface area (Å²) in [7, 11) is 0. The molecule has 76 valence electrons. The van der Waals surface area contributed by atoms with Gasteiger partial charge in [0.1, 0.15) is 0 Å². The first kappa shape index (κ1) is 9.57. The first-order valence-corrected chi connectivity index (χ1v) is 5.49. The summed E-state index contributed by atoms with van der Waals surface area (Å²) in [6.45, 7) is 10.1. The van der Waals surface area contributed by atoms with E-state index in [0.29, 0.717) is 12.0 Å². The van der Waals surface area contributed by atoms with E-state index in [4.69, 9.17) is 0 Å². The topological polar surface area (TPSA) is 3.24 Å². The van der Waals surface area contributed by atoms with E-state index in [1.165, 1.54) is 16.8 Å². The minimum Gasteiger partial charge on any atom is -0.364 e. The fraction of sp³-hybridized carbons (Fsp3) is 0.538. The van der Waals surface area contributed by atoms with Gasteiger partial charge in [-0.25, -0.2) is 0 Å². The molecule has 1 aromatic carbocycles. The minimum atomic E-state index is 0.632. The van der Waals surface area contributed by atoms with E-state index >= 15 is 0 Å². The van der Waals surface area contributed by atoms with Gasteiger partial charge in [0.15, 0.2) is 0 Å². The lowest BCUT2D eigenvalue weighted by atomic mass is 9.94. The summed E-state index contributed by atoms with van der Waals surface area (Å²) in [5.74, 6) is 0.647. The molecular weight excluding hydrogens is 170 g/mol. The predicted molar refractivity (Wildman–Crippen MR) is 61.9 cm³/mol. The van der Waals surface area contributed by atoms with Gasteiger partial charge in [0.05, 0.1) is 0 Å². The second kappa shape index (κ2) is 3.30. The molecule has 1 aliphatic heterocycles. The average Bonchev–Trinajstić information content (AvgIpc) is 2.05. The van der Waals surface area contributed by atoms with E-state index in [1.54, 1.807) is 0 Å². The van der Waals surface area contributed by atoms with Gasteiger partial charge in [0, 0.05) is 18.3 Å². The molecule has 1 aliphatic rings. The Morgan fingerprint density at radius 2 is 1.86 bits per heavy atom. The summed E-state index contributed by atoms with van der Waals surface area (Å²) in [4.78, 5) is 2.44. The highest BCUT2D eigenvalue weighted by atomic mass is 15.2. The molecule has 0 saturated heterocycles. The van der Waals surface area contributed by atoms with Crippen molar-refractivity contribution in [1.29, 1.82) is 0 Å². The molecule has 0 aliphatic carbocycles. The highest BCUT2D eigenvalue weighted by Gasteiger charge is 2.24. The van der Waals surface area contributed by atoms with E-state index in [1.807, 2.05) is 0 Å². The molecule has 0 N–H and O–H groups in total. The van der Waals surface area contributed by atoms with Crippen molar-refractivity contribution in [3.63, 3.8) is 0 Å². The van der Waals surface area contributed by atoms with Crippen molar-refractivity contribution in [2.24, 2.45) is 0 Å². The van der Waals surface area contributed by atoms with Crippen LogP contribution in [0.25, 0.3) is 0 Å². The van der Waals surface area contributed by atoms with Crippen LogP contribution in [0.2, 0.25) is 0 Å². The third kappa shape index (κ3) is 1.41. The lowest BCUT2D eigenvalue weighted by Crippen LogP contribution is -2.38. The quantitative estimate of drug-likeness (QED) is 0.688. The number of hydrogen-bond acceptors (Lipinski definition) is 1. The van der Waals surface area contributed by atoms with E-state index in [0.717, 1.165) is 6.54 Å². The monoisotopic (exact) mass is 189 g/mol. The maximum absolute atomic E-state index is 2.44. The summed E-state index contributed by atoms with van der Waals surface area (Å²) in [6.07, 6.45) is 0. The largest absolute Gasteiger partial charge is 0.364 e. The molecule has 0 bridgehead atoms. The molecule has 1 heteroatoms. The van der Waals surface area contributed by atoms with Crippen LogP contribution in [0.5, 0.6) is 0 Å². The van der Waals surface area contributed by atoms with Crippen LogP contribution in [-0.2, 0) is 6.54 Å². The number of anilines is 1. The van der Waals surface area contributed by atoms with Crippen LogP contribution in [0.1, 0.15) is 44.7 Å². The second-order valence-electron chi connectivity index (χ2n) is 4.76. The molecule has 0 amide bonds. The maximum atomic E-state index is 2.44. The number of fused-ring (bicyclic) bond motifs is 1. The van der Waals surface area contributed by atoms with Crippen LogP contribution in [0, 0.1) is 0 Å². The van der Waals surface area contributed by atoms with Gasteiger partial charge in [0.2, 0.25) is 0 Å². The Bertz CT molecular complexity index is 339. The van der Waals surface area contributed by atoms with Gasteiger partial charge < -0.3 is 4.90 Å². The first-order chi connectivity index (χ1) is 6.59. The van der Waals surface area contributed by atoms with Crippen LogP contribution in [0.4, 0.5) is 5.69 Å². The molecule has 1 aromatic rings. The highest BCUT2D eigenvalue weighted by Crippen LogP contribution is 2.36. The third-order valence-electron chi connectivity index (χ3n) is 3.04. The van der Waals surface area contributed by atoms with Crippen molar-refractivity contribution < 1.29 is 0 Å². The summed E-state index contributed by atoms with van der Waals surface area (Å²) in [5.41, 5.74) is 4.42. The fourth-order valence-electron chi connectivity index (χ4n) is 2.01. The van der Waals surface area contributed by atoms with Gasteiger partial charge in [-0.1, -0.05) is 26.0 Å².